The van der Waals surface area contributed by atoms with Crippen molar-refractivity contribution in [2.75, 3.05) is 6.61 Å². The topological polar surface area (TPSA) is 121 Å². The van der Waals surface area contributed by atoms with E-state index in [0.717, 1.165) is 16.7 Å². The minimum Gasteiger partial charge on any atom is -0.481 e. The normalized spacial score (nSPS) is 13.2. The van der Waals surface area contributed by atoms with E-state index in [-0.39, 0.29) is 12.8 Å². The third kappa shape index (κ3) is 6.70. The molecule has 11 heteroatoms. The highest BCUT2D eigenvalue weighted by atomic mass is 35.5. The van der Waals surface area contributed by atoms with Crippen LogP contribution < -0.4 is 9.47 Å². The molecule has 0 bridgehead atoms. The molecule has 9 nitrogen and oxygen atoms in total. The van der Waals surface area contributed by atoms with Gasteiger partial charge in [-0.2, -0.15) is 9.97 Å². The Kier molecular flexibility index (Phi) is 8.52. The summed E-state index contributed by atoms with van der Waals surface area (Å²) in [6.45, 7) is 4.03. The fourth-order valence-corrected chi connectivity index (χ4v) is 4.29. The summed E-state index contributed by atoms with van der Waals surface area (Å²) in [5, 5.41) is 9.54. The van der Waals surface area contributed by atoms with Gasteiger partial charge in [0.1, 0.15) is 5.15 Å². The summed E-state index contributed by atoms with van der Waals surface area (Å²) in [5.41, 5.74) is 2.65. The monoisotopic (exact) mass is 481 g/mol. The van der Waals surface area contributed by atoms with E-state index >= 15 is 0 Å². The van der Waals surface area contributed by atoms with Crippen LogP contribution in [-0.2, 0) is 26.5 Å². The maximum atomic E-state index is 12.0. The zero-order valence-corrected chi connectivity index (χ0v) is 19.4. The zero-order chi connectivity index (χ0) is 23.1. The summed E-state index contributed by atoms with van der Waals surface area (Å²) in [7, 11) is 0. The van der Waals surface area contributed by atoms with Crippen LogP contribution in [0.1, 0.15) is 49.3 Å². The van der Waals surface area contributed by atoms with Crippen molar-refractivity contribution in [3.8, 4) is 11.8 Å². The van der Waals surface area contributed by atoms with Crippen molar-refractivity contribution in [1.82, 2.24) is 15.0 Å². The Balaban J connectivity index is 1.62. The summed E-state index contributed by atoms with van der Waals surface area (Å²) in [6.07, 6.45) is 2.39. The molecule has 0 aliphatic carbocycles. The van der Waals surface area contributed by atoms with Crippen molar-refractivity contribution in [2.24, 2.45) is 0 Å². The van der Waals surface area contributed by atoms with E-state index in [1.165, 1.54) is 11.8 Å². The predicted molar refractivity (Wildman–Crippen MR) is 117 cm³/mol. The highest BCUT2D eigenvalue weighted by Crippen LogP contribution is 2.35. The number of hydrogen-bond donors (Lipinski definition) is 1. The predicted octanol–water partition coefficient (Wildman–Crippen LogP) is 3.97. The van der Waals surface area contributed by atoms with Crippen LogP contribution in [0.2, 0.25) is 5.15 Å². The number of ether oxygens (including phenoxy) is 3. The van der Waals surface area contributed by atoms with Gasteiger partial charge in [0.2, 0.25) is 18.1 Å². The lowest BCUT2D eigenvalue weighted by Crippen LogP contribution is -2.22. The van der Waals surface area contributed by atoms with E-state index in [4.69, 9.17) is 30.9 Å². The molecular weight excluding hydrogens is 458 g/mol. The molecule has 0 amide bonds. The number of fused-ring (bicyclic) bond motifs is 1. The van der Waals surface area contributed by atoms with Gasteiger partial charge in [-0.1, -0.05) is 23.4 Å². The molecule has 172 valence electrons. The second kappa shape index (κ2) is 11.3. The molecule has 2 aromatic rings. The first-order valence-electron chi connectivity index (χ1n) is 10.2. The number of unbranched alkanes of at least 4 members (excludes halogenated alkanes) is 1. The van der Waals surface area contributed by atoms with E-state index in [1.807, 2.05) is 13.0 Å². The molecule has 32 heavy (non-hydrogen) atoms. The van der Waals surface area contributed by atoms with E-state index in [9.17, 15) is 9.59 Å². The van der Waals surface area contributed by atoms with Crippen LogP contribution in [-0.4, -0.2) is 44.9 Å². The number of hydrogen-bond acceptors (Lipinski definition) is 9. The molecule has 0 fully saturated rings. The van der Waals surface area contributed by atoms with Gasteiger partial charge in [-0.3, -0.25) is 9.59 Å². The van der Waals surface area contributed by atoms with Gasteiger partial charge in [-0.25, -0.2) is 4.98 Å². The average Bonchev–Trinajstić information content (AvgIpc) is 3.19. The second-order valence-electron chi connectivity index (χ2n) is 7.16. The summed E-state index contributed by atoms with van der Waals surface area (Å²) < 4.78 is 16.7. The van der Waals surface area contributed by atoms with Gasteiger partial charge in [-0.15, -0.1) is 0 Å². The van der Waals surface area contributed by atoms with Gasteiger partial charge >= 0.3 is 11.9 Å². The maximum Gasteiger partial charge on any atom is 0.308 e. The zero-order valence-electron chi connectivity index (χ0n) is 17.8. The summed E-state index contributed by atoms with van der Waals surface area (Å²) in [5.74, 6) is -0.0444. The van der Waals surface area contributed by atoms with Gasteiger partial charge in [-0.05, 0) is 31.4 Å². The fourth-order valence-electron chi connectivity index (χ4n) is 3.01. The SMILES string of the molecule is Cc1ccnc(Cl)c1CSc1nc2c(c(OC(C)OC(=O)CCCCC(=O)O)n1)CCO2. The molecule has 0 saturated carbocycles. The number of carbonyl (C=O) groups is 2. The molecule has 3 rings (SSSR count). The lowest BCUT2D eigenvalue weighted by atomic mass is 10.2. The number of pyridine rings is 1. The fraction of sp³-hybridized carbons (Fsp3) is 0.476. The summed E-state index contributed by atoms with van der Waals surface area (Å²) >= 11 is 7.58. The number of carbonyl (C=O) groups excluding carboxylic acids is 1. The largest absolute Gasteiger partial charge is 0.481 e. The highest BCUT2D eigenvalue weighted by Gasteiger charge is 2.24. The lowest BCUT2D eigenvalue weighted by Gasteiger charge is -2.16. The van der Waals surface area contributed by atoms with E-state index < -0.39 is 18.2 Å². The summed E-state index contributed by atoms with van der Waals surface area (Å²) in [6, 6.07) is 1.89. The van der Waals surface area contributed by atoms with E-state index in [0.29, 0.717) is 53.7 Å². The van der Waals surface area contributed by atoms with Crippen LogP contribution in [0.4, 0.5) is 0 Å². The van der Waals surface area contributed by atoms with Crippen LogP contribution >= 0.6 is 23.4 Å². The van der Waals surface area contributed by atoms with Gasteiger partial charge in [0, 0.05) is 43.7 Å². The number of carboxylic acid groups (broad SMARTS) is 1. The quantitative estimate of drug-likeness (QED) is 0.126. The summed E-state index contributed by atoms with van der Waals surface area (Å²) in [4.78, 5) is 35.6. The Bertz CT molecular complexity index is 970. The first-order valence-corrected chi connectivity index (χ1v) is 11.5. The Morgan fingerprint density at radius 2 is 2.09 bits per heavy atom. The highest BCUT2D eigenvalue weighted by molar-refractivity contribution is 7.98. The number of rotatable bonds is 11. The molecule has 0 spiro atoms. The number of aliphatic carboxylic acids is 1. The number of aryl methyl sites for hydroxylation is 1. The third-order valence-corrected chi connectivity index (χ3v) is 5.88. The van der Waals surface area contributed by atoms with Crippen LogP contribution in [0.25, 0.3) is 0 Å². The van der Waals surface area contributed by atoms with Crippen molar-refractivity contribution in [1.29, 1.82) is 0 Å². The van der Waals surface area contributed by atoms with Gasteiger partial charge < -0.3 is 19.3 Å². The molecule has 1 aliphatic heterocycles. The first-order chi connectivity index (χ1) is 15.3. The minimum atomic E-state index is -0.885. The maximum absolute atomic E-state index is 12.0. The molecule has 1 N–H and O–H groups in total. The van der Waals surface area contributed by atoms with Crippen molar-refractivity contribution < 1.29 is 28.9 Å². The Labute approximate surface area is 194 Å². The molecular formula is C21H24ClN3O6S. The number of aromatic nitrogens is 3. The molecule has 3 heterocycles. The van der Waals surface area contributed by atoms with Crippen LogP contribution in [0, 0.1) is 6.92 Å². The third-order valence-electron chi connectivity index (χ3n) is 4.68. The van der Waals surface area contributed by atoms with Crippen LogP contribution in [0.15, 0.2) is 17.4 Å². The van der Waals surface area contributed by atoms with Crippen molar-refractivity contribution in [3.05, 3.63) is 34.1 Å². The Hall–Kier alpha value is -2.59. The van der Waals surface area contributed by atoms with Gasteiger partial charge in [0.25, 0.3) is 0 Å². The van der Waals surface area contributed by atoms with Crippen LogP contribution in [0.3, 0.4) is 0 Å². The second-order valence-corrected chi connectivity index (χ2v) is 8.46. The van der Waals surface area contributed by atoms with Crippen molar-refractivity contribution >= 4 is 35.3 Å². The molecule has 1 unspecified atom stereocenters. The number of nitrogens with zero attached hydrogens (tertiary/aromatic N) is 3. The number of carboxylic acids is 1. The standard InChI is InChI=1S/C21H24ClN3O6S/c1-12-7-9-23-18(22)15(12)11-32-21-24-19-14(8-10-29-19)20(25-21)31-13(2)30-17(28)6-4-3-5-16(26)27/h7,9,13H,3-6,8,10-11H2,1-2H3,(H,26,27). The molecule has 0 saturated heterocycles. The van der Waals surface area contributed by atoms with Gasteiger partial charge in [0.05, 0.1) is 12.2 Å². The minimum absolute atomic E-state index is 0.0244. The van der Waals surface area contributed by atoms with E-state index in [2.05, 4.69) is 15.0 Å². The Morgan fingerprint density at radius 1 is 1.31 bits per heavy atom. The smallest absolute Gasteiger partial charge is 0.308 e. The number of halogens is 1. The molecule has 0 aromatic carbocycles. The molecule has 0 radical (unpaired) electrons. The first kappa shape index (κ1) is 24.1. The number of esters is 1. The van der Waals surface area contributed by atoms with E-state index in [1.54, 1.807) is 13.1 Å². The lowest BCUT2D eigenvalue weighted by molar-refractivity contribution is -0.162. The van der Waals surface area contributed by atoms with Crippen molar-refractivity contribution in [2.45, 2.75) is 63.2 Å². The number of thioether (sulfide) groups is 1. The molecule has 1 aliphatic rings. The molecule has 2 aromatic heterocycles. The Morgan fingerprint density at radius 3 is 2.84 bits per heavy atom. The van der Waals surface area contributed by atoms with Crippen molar-refractivity contribution in [3.63, 3.8) is 0 Å². The van der Waals surface area contributed by atoms with Gasteiger partial charge in [0.15, 0.2) is 5.16 Å². The average molecular weight is 482 g/mol. The molecule has 1 atom stereocenters. The van der Waals surface area contributed by atoms with Crippen LogP contribution in [0.5, 0.6) is 11.8 Å².